The molecular formula is C20H15Cl2F3N4O2S. The first-order valence-corrected chi connectivity index (χ1v) is 11.0. The van der Waals surface area contributed by atoms with Crippen LogP contribution in [0, 0.1) is 11.3 Å². The van der Waals surface area contributed by atoms with Gasteiger partial charge in [-0.25, -0.2) is 0 Å². The average molecular weight is 503 g/mol. The highest BCUT2D eigenvalue weighted by atomic mass is 35.5. The Bertz CT molecular complexity index is 1100. The maximum atomic E-state index is 14.1. The summed E-state index contributed by atoms with van der Waals surface area (Å²) in [4.78, 5) is 20.2. The van der Waals surface area contributed by atoms with Gasteiger partial charge in [0.2, 0.25) is 0 Å². The van der Waals surface area contributed by atoms with Crippen LogP contribution in [-0.2, 0) is 23.5 Å². The van der Waals surface area contributed by atoms with Crippen LogP contribution in [0.2, 0.25) is 10.0 Å². The predicted molar refractivity (Wildman–Crippen MR) is 113 cm³/mol. The number of amides is 1. The molecule has 2 aromatic rings. The first kappa shape index (κ1) is 22.7. The third-order valence-electron chi connectivity index (χ3n) is 5.20. The molecule has 0 fully saturated rings. The van der Waals surface area contributed by atoms with Gasteiger partial charge in [-0.1, -0.05) is 28.4 Å². The molecule has 32 heavy (non-hydrogen) atoms. The zero-order chi connectivity index (χ0) is 23.1. The SMILES string of the molecule is N#CCCNC(=O)c1cc2c(s1)CN(C1=NOC(c3cc(Cl)cc(Cl)c3)(C(F)(F)F)C1)C2. The summed E-state index contributed by atoms with van der Waals surface area (Å²) in [6.07, 6.45) is -5.07. The fourth-order valence-corrected chi connectivity index (χ4v) is 5.26. The van der Waals surface area contributed by atoms with E-state index in [-0.39, 0.29) is 40.3 Å². The molecule has 1 unspecified atom stereocenters. The highest BCUT2D eigenvalue weighted by molar-refractivity contribution is 7.14. The molecule has 2 aliphatic heterocycles. The quantitative estimate of drug-likeness (QED) is 0.582. The van der Waals surface area contributed by atoms with E-state index in [1.54, 1.807) is 11.0 Å². The van der Waals surface area contributed by atoms with E-state index < -0.39 is 18.2 Å². The summed E-state index contributed by atoms with van der Waals surface area (Å²) in [7, 11) is 0. The van der Waals surface area contributed by atoms with E-state index in [4.69, 9.17) is 33.3 Å². The number of alkyl halides is 3. The molecule has 1 atom stereocenters. The van der Waals surface area contributed by atoms with Crippen LogP contribution in [0.25, 0.3) is 0 Å². The number of oxime groups is 1. The van der Waals surface area contributed by atoms with Crippen LogP contribution in [0.5, 0.6) is 0 Å². The van der Waals surface area contributed by atoms with E-state index in [1.165, 1.54) is 29.5 Å². The van der Waals surface area contributed by atoms with Crippen molar-refractivity contribution in [3.63, 3.8) is 0 Å². The van der Waals surface area contributed by atoms with Crippen LogP contribution in [0.3, 0.4) is 0 Å². The number of nitriles is 1. The summed E-state index contributed by atoms with van der Waals surface area (Å²) in [5, 5.41) is 15.1. The zero-order valence-corrected chi connectivity index (χ0v) is 18.6. The van der Waals surface area contributed by atoms with E-state index in [2.05, 4.69) is 10.5 Å². The number of nitrogens with zero attached hydrogens (tertiary/aromatic N) is 3. The second-order valence-electron chi connectivity index (χ2n) is 7.34. The lowest BCUT2D eigenvalue weighted by atomic mass is 9.89. The Morgan fingerprint density at radius 3 is 2.62 bits per heavy atom. The minimum Gasteiger partial charge on any atom is -0.372 e. The summed E-state index contributed by atoms with van der Waals surface area (Å²) in [5.74, 6) is -0.122. The Morgan fingerprint density at radius 1 is 1.28 bits per heavy atom. The molecule has 1 aromatic carbocycles. The molecule has 12 heteroatoms. The number of carbonyl (C=O) groups is 1. The maximum Gasteiger partial charge on any atom is 0.435 e. The summed E-state index contributed by atoms with van der Waals surface area (Å²) < 4.78 is 42.4. The van der Waals surface area contributed by atoms with Crippen molar-refractivity contribution < 1.29 is 22.8 Å². The molecule has 1 amide bonds. The van der Waals surface area contributed by atoms with E-state index >= 15 is 0 Å². The molecule has 0 radical (unpaired) electrons. The van der Waals surface area contributed by atoms with Crippen LogP contribution < -0.4 is 5.32 Å². The number of halogens is 5. The van der Waals surface area contributed by atoms with Crippen LogP contribution in [0.1, 0.15) is 38.5 Å². The van der Waals surface area contributed by atoms with Gasteiger partial charge >= 0.3 is 6.18 Å². The van der Waals surface area contributed by atoms with E-state index in [1.807, 2.05) is 6.07 Å². The molecule has 0 bridgehead atoms. The molecule has 3 heterocycles. The van der Waals surface area contributed by atoms with Gasteiger partial charge in [-0.2, -0.15) is 18.4 Å². The molecule has 2 aliphatic rings. The highest BCUT2D eigenvalue weighted by Crippen LogP contribution is 2.50. The van der Waals surface area contributed by atoms with Crippen LogP contribution in [0.15, 0.2) is 29.4 Å². The molecule has 1 N–H and O–H groups in total. The smallest absolute Gasteiger partial charge is 0.372 e. The Labute approximate surface area is 195 Å². The van der Waals surface area contributed by atoms with Crippen molar-refractivity contribution >= 4 is 46.3 Å². The van der Waals surface area contributed by atoms with Gasteiger partial charge in [-0.3, -0.25) is 4.79 Å². The Morgan fingerprint density at radius 2 is 2.00 bits per heavy atom. The normalized spacial score (nSPS) is 19.9. The van der Waals surface area contributed by atoms with Crippen LogP contribution >= 0.6 is 34.5 Å². The number of amidine groups is 1. The number of rotatable bonds is 4. The van der Waals surface area contributed by atoms with Crippen LogP contribution in [0.4, 0.5) is 13.2 Å². The number of thiophene rings is 1. The average Bonchev–Trinajstić information content (AvgIpc) is 3.40. The van der Waals surface area contributed by atoms with Crippen molar-refractivity contribution in [2.45, 2.75) is 37.7 Å². The third kappa shape index (κ3) is 4.12. The van der Waals surface area contributed by atoms with E-state index in [0.29, 0.717) is 18.0 Å². The van der Waals surface area contributed by atoms with Gasteiger partial charge in [-0.05, 0) is 29.8 Å². The number of hydrogen-bond donors (Lipinski definition) is 1. The lowest BCUT2D eigenvalue weighted by Gasteiger charge is -2.30. The molecule has 4 rings (SSSR count). The molecular weight excluding hydrogens is 488 g/mol. The van der Waals surface area contributed by atoms with Crippen molar-refractivity contribution in [3.8, 4) is 6.07 Å². The fourth-order valence-electron chi connectivity index (χ4n) is 3.63. The zero-order valence-electron chi connectivity index (χ0n) is 16.3. The minimum atomic E-state index is -4.76. The monoisotopic (exact) mass is 502 g/mol. The van der Waals surface area contributed by atoms with E-state index in [0.717, 1.165) is 10.4 Å². The van der Waals surface area contributed by atoms with E-state index in [9.17, 15) is 18.0 Å². The van der Waals surface area contributed by atoms with Gasteiger partial charge in [0.1, 0.15) is 5.84 Å². The molecule has 168 valence electrons. The fraction of sp³-hybridized carbons (Fsp3) is 0.350. The van der Waals surface area contributed by atoms with Gasteiger partial charge in [0, 0.05) is 33.6 Å². The minimum absolute atomic E-state index is 0.0668. The second kappa shape index (κ2) is 8.46. The Kier molecular flexibility index (Phi) is 6.00. The maximum absolute atomic E-state index is 14.1. The number of hydrogen-bond acceptors (Lipinski definition) is 6. The number of nitrogens with one attached hydrogen (secondary N) is 1. The second-order valence-corrected chi connectivity index (χ2v) is 9.35. The van der Waals surface area contributed by atoms with Gasteiger partial charge < -0.3 is 15.1 Å². The molecule has 0 saturated carbocycles. The summed E-state index contributed by atoms with van der Waals surface area (Å²) in [6.45, 7) is 0.882. The standard InChI is InChI=1S/C20H15Cl2F3N4O2S/c21-13-5-12(6-14(22)7-13)19(20(23,24)25)8-17(28-31-19)29-9-11-4-15(32-16(11)10-29)18(30)27-3-1-2-26/h4-7H,1,3,8-10H2,(H,27,30). The highest BCUT2D eigenvalue weighted by Gasteiger charge is 2.63. The van der Waals surface area contributed by atoms with Crippen molar-refractivity contribution in [2.24, 2.45) is 5.16 Å². The van der Waals surface area contributed by atoms with Gasteiger partial charge in [0.05, 0.1) is 30.3 Å². The number of fused-ring (bicyclic) bond motifs is 1. The molecule has 0 saturated heterocycles. The van der Waals surface area contributed by atoms with Crippen LogP contribution in [-0.4, -0.2) is 29.4 Å². The largest absolute Gasteiger partial charge is 0.435 e. The summed E-state index contributed by atoms with van der Waals surface area (Å²) in [6, 6.07) is 7.37. The third-order valence-corrected chi connectivity index (χ3v) is 6.80. The van der Waals surface area contributed by atoms with Gasteiger partial charge in [-0.15, -0.1) is 11.3 Å². The lowest BCUT2D eigenvalue weighted by molar-refractivity contribution is -0.275. The van der Waals surface area contributed by atoms with Crippen molar-refractivity contribution in [2.75, 3.05) is 6.54 Å². The van der Waals surface area contributed by atoms with Gasteiger partial charge in [0.15, 0.2) is 0 Å². The van der Waals surface area contributed by atoms with Crippen molar-refractivity contribution in [3.05, 3.63) is 55.2 Å². The molecule has 1 aromatic heterocycles. The van der Waals surface area contributed by atoms with Crippen molar-refractivity contribution in [1.29, 1.82) is 5.26 Å². The summed E-state index contributed by atoms with van der Waals surface area (Å²) in [5.41, 5.74) is -2.05. The van der Waals surface area contributed by atoms with Gasteiger partial charge in [0.25, 0.3) is 11.5 Å². The lowest BCUT2D eigenvalue weighted by Crippen LogP contribution is -2.43. The Hall–Kier alpha value is -2.48. The topological polar surface area (TPSA) is 77.7 Å². The molecule has 6 nitrogen and oxygen atoms in total. The molecule has 0 spiro atoms. The number of benzene rings is 1. The Balaban J connectivity index is 1.50. The first-order chi connectivity index (χ1) is 15.1. The first-order valence-electron chi connectivity index (χ1n) is 9.43. The number of carbonyl (C=O) groups excluding carboxylic acids is 1. The van der Waals surface area contributed by atoms with Crippen molar-refractivity contribution in [1.82, 2.24) is 10.2 Å². The predicted octanol–water partition coefficient (Wildman–Crippen LogP) is 5.21. The molecule has 0 aliphatic carbocycles. The summed E-state index contributed by atoms with van der Waals surface area (Å²) >= 11 is 13.1.